The van der Waals surface area contributed by atoms with Crippen molar-refractivity contribution in [1.82, 2.24) is 15.0 Å². The van der Waals surface area contributed by atoms with Gasteiger partial charge in [-0.25, -0.2) is 14.8 Å². The van der Waals surface area contributed by atoms with E-state index in [4.69, 9.17) is 5.11 Å². The Morgan fingerprint density at radius 2 is 2.11 bits per heavy atom. The van der Waals surface area contributed by atoms with Gasteiger partial charge in [0, 0.05) is 12.7 Å². The van der Waals surface area contributed by atoms with Crippen LogP contribution in [-0.4, -0.2) is 32.6 Å². The van der Waals surface area contributed by atoms with Crippen molar-refractivity contribution in [3.8, 4) is 0 Å². The van der Waals surface area contributed by atoms with Crippen molar-refractivity contribution < 1.29 is 9.90 Å². The molecule has 0 aliphatic rings. The fourth-order valence-electron chi connectivity index (χ4n) is 1.64. The van der Waals surface area contributed by atoms with Crippen LogP contribution in [0.4, 0.5) is 5.82 Å². The van der Waals surface area contributed by atoms with Gasteiger partial charge >= 0.3 is 5.97 Å². The van der Waals surface area contributed by atoms with Gasteiger partial charge in [-0.1, -0.05) is 6.07 Å². The predicted molar refractivity (Wildman–Crippen MR) is 70.0 cm³/mol. The molecule has 0 saturated heterocycles. The second kappa shape index (κ2) is 5.90. The van der Waals surface area contributed by atoms with E-state index in [0.717, 1.165) is 12.2 Å². The molecule has 0 saturated carbocycles. The van der Waals surface area contributed by atoms with E-state index in [1.54, 1.807) is 6.20 Å². The standard InChI is InChI=1S/C13H14N4O2/c1-2-17(9-10-5-3-4-6-14-10)12-8-15-11(7-16-12)13(18)19/h3-8H,2,9H2,1H3,(H,18,19). The Bertz CT molecular complexity index is 542. The molecule has 0 aliphatic carbocycles. The molecule has 6 nitrogen and oxygen atoms in total. The summed E-state index contributed by atoms with van der Waals surface area (Å²) in [5.74, 6) is -0.440. The highest BCUT2D eigenvalue weighted by Gasteiger charge is 2.10. The van der Waals surface area contributed by atoms with Gasteiger partial charge in [0.2, 0.25) is 0 Å². The summed E-state index contributed by atoms with van der Waals surface area (Å²) in [6.45, 7) is 3.34. The number of rotatable bonds is 5. The van der Waals surface area contributed by atoms with Crippen LogP contribution >= 0.6 is 0 Å². The number of carboxylic acids is 1. The zero-order chi connectivity index (χ0) is 13.7. The van der Waals surface area contributed by atoms with Gasteiger partial charge in [0.25, 0.3) is 0 Å². The first-order valence-electron chi connectivity index (χ1n) is 5.91. The molecule has 2 aromatic heterocycles. The molecule has 98 valence electrons. The fraction of sp³-hybridized carbons (Fsp3) is 0.231. The summed E-state index contributed by atoms with van der Waals surface area (Å²) in [5, 5.41) is 8.78. The largest absolute Gasteiger partial charge is 0.476 e. The third-order valence-electron chi connectivity index (χ3n) is 2.64. The van der Waals surface area contributed by atoms with Gasteiger partial charge in [0.15, 0.2) is 5.69 Å². The molecular formula is C13H14N4O2. The maximum Gasteiger partial charge on any atom is 0.356 e. The topological polar surface area (TPSA) is 79.2 Å². The highest BCUT2D eigenvalue weighted by atomic mass is 16.4. The Kier molecular flexibility index (Phi) is 4.02. The van der Waals surface area contributed by atoms with Crippen LogP contribution in [-0.2, 0) is 6.54 Å². The first-order valence-corrected chi connectivity index (χ1v) is 5.91. The van der Waals surface area contributed by atoms with Crippen molar-refractivity contribution in [2.45, 2.75) is 13.5 Å². The fourth-order valence-corrected chi connectivity index (χ4v) is 1.64. The molecule has 0 amide bonds. The molecule has 2 rings (SSSR count). The number of carboxylic acid groups (broad SMARTS) is 1. The molecule has 6 heteroatoms. The molecule has 0 bridgehead atoms. The molecule has 0 atom stereocenters. The number of pyridine rings is 1. The molecule has 0 aromatic carbocycles. The third-order valence-corrected chi connectivity index (χ3v) is 2.64. The molecule has 2 aromatic rings. The zero-order valence-corrected chi connectivity index (χ0v) is 10.5. The van der Waals surface area contributed by atoms with E-state index in [1.807, 2.05) is 30.0 Å². The van der Waals surface area contributed by atoms with E-state index in [-0.39, 0.29) is 5.69 Å². The van der Waals surface area contributed by atoms with Crippen LogP contribution in [0.2, 0.25) is 0 Å². The van der Waals surface area contributed by atoms with Gasteiger partial charge in [-0.3, -0.25) is 4.98 Å². The summed E-state index contributed by atoms with van der Waals surface area (Å²) in [6, 6.07) is 5.72. The van der Waals surface area contributed by atoms with Gasteiger partial charge in [0.05, 0.1) is 24.6 Å². The summed E-state index contributed by atoms with van der Waals surface area (Å²) in [5.41, 5.74) is 0.867. The Morgan fingerprint density at radius 1 is 1.26 bits per heavy atom. The quantitative estimate of drug-likeness (QED) is 0.877. The lowest BCUT2D eigenvalue weighted by Gasteiger charge is -2.20. The third kappa shape index (κ3) is 3.25. The number of carbonyl (C=O) groups is 1. The van der Waals surface area contributed by atoms with E-state index in [0.29, 0.717) is 12.4 Å². The average molecular weight is 258 g/mol. The lowest BCUT2D eigenvalue weighted by atomic mass is 10.3. The second-order valence-corrected chi connectivity index (χ2v) is 3.90. The van der Waals surface area contributed by atoms with Crippen molar-refractivity contribution in [3.63, 3.8) is 0 Å². The van der Waals surface area contributed by atoms with Crippen LogP contribution in [0.15, 0.2) is 36.8 Å². The summed E-state index contributed by atoms with van der Waals surface area (Å²) in [4.78, 5) is 24.9. The zero-order valence-electron chi connectivity index (χ0n) is 10.5. The van der Waals surface area contributed by atoms with E-state index in [2.05, 4.69) is 15.0 Å². The summed E-state index contributed by atoms with van der Waals surface area (Å²) in [6.07, 6.45) is 4.47. The smallest absolute Gasteiger partial charge is 0.356 e. The van der Waals surface area contributed by atoms with Crippen LogP contribution < -0.4 is 4.90 Å². The average Bonchev–Trinajstić information content (AvgIpc) is 2.46. The van der Waals surface area contributed by atoms with Crippen LogP contribution in [0.5, 0.6) is 0 Å². The highest BCUT2D eigenvalue weighted by Crippen LogP contribution is 2.12. The molecule has 19 heavy (non-hydrogen) atoms. The summed E-state index contributed by atoms with van der Waals surface area (Å²) < 4.78 is 0. The minimum atomic E-state index is -1.08. The van der Waals surface area contributed by atoms with Gasteiger partial charge < -0.3 is 10.0 Å². The Labute approximate surface area is 110 Å². The molecule has 0 unspecified atom stereocenters. The first-order chi connectivity index (χ1) is 9.20. The van der Waals surface area contributed by atoms with Gasteiger partial charge in [-0.2, -0.15) is 0 Å². The number of anilines is 1. The molecule has 1 N–H and O–H groups in total. The second-order valence-electron chi connectivity index (χ2n) is 3.90. The number of aromatic carboxylic acids is 1. The Balaban J connectivity index is 2.15. The molecule has 2 heterocycles. The molecule has 0 spiro atoms. The van der Waals surface area contributed by atoms with Crippen LogP contribution in [0.3, 0.4) is 0 Å². The molecule has 0 fully saturated rings. The number of hydrogen-bond donors (Lipinski definition) is 1. The Morgan fingerprint density at radius 3 is 2.63 bits per heavy atom. The van der Waals surface area contributed by atoms with Crippen LogP contribution in [0, 0.1) is 0 Å². The van der Waals surface area contributed by atoms with Crippen molar-refractivity contribution in [2.75, 3.05) is 11.4 Å². The Hall–Kier alpha value is -2.50. The minimum Gasteiger partial charge on any atom is -0.476 e. The van der Waals surface area contributed by atoms with Crippen LogP contribution in [0.25, 0.3) is 0 Å². The van der Waals surface area contributed by atoms with E-state index >= 15 is 0 Å². The normalized spacial score (nSPS) is 10.2. The molecule has 0 radical (unpaired) electrons. The van der Waals surface area contributed by atoms with Crippen molar-refractivity contribution >= 4 is 11.8 Å². The molecule has 0 aliphatic heterocycles. The SMILES string of the molecule is CCN(Cc1ccccn1)c1cnc(C(=O)O)cn1. The van der Waals surface area contributed by atoms with Gasteiger partial charge in [-0.15, -0.1) is 0 Å². The molecular weight excluding hydrogens is 244 g/mol. The van der Waals surface area contributed by atoms with Gasteiger partial charge in [0.1, 0.15) is 5.82 Å². The van der Waals surface area contributed by atoms with E-state index < -0.39 is 5.97 Å². The number of nitrogens with zero attached hydrogens (tertiary/aromatic N) is 4. The van der Waals surface area contributed by atoms with E-state index in [9.17, 15) is 4.79 Å². The summed E-state index contributed by atoms with van der Waals surface area (Å²) in [7, 11) is 0. The van der Waals surface area contributed by atoms with Crippen molar-refractivity contribution in [2.24, 2.45) is 0 Å². The lowest BCUT2D eigenvalue weighted by molar-refractivity contribution is 0.0690. The highest BCUT2D eigenvalue weighted by molar-refractivity contribution is 5.84. The monoisotopic (exact) mass is 258 g/mol. The van der Waals surface area contributed by atoms with Crippen LogP contribution in [0.1, 0.15) is 23.1 Å². The van der Waals surface area contributed by atoms with Crippen molar-refractivity contribution in [1.29, 1.82) is 0 Å². The lowest BCUT2D eigenvalue weighted by Crippen LogP contribution is -2.24. The van der Waals surface area contributed by atoms with E-state index in [1.165, 1.54) is 12.4 Å². The maximum absolute atomic E-state index is 10.7. The summed E-state index contributed by atoms with van der Waals surface area (Å²) >= 11 is 0. The number of aromatic nitrogens is 3. The van der Waals surface area contributed by atoms with Crippen molar-refractivity contribution in [3.05, 3.63) is 48.2 Å². The number of hydrogen-bond acceptors (Lipinski definition) is 5. The predicted octanol–water partition coefficient (Wildman–Crippen LogP) is 1.60. The maximum atomic E-state index is 10.7. The van der Waals surface area contributed by atoms with Gasteiger partial charge in [-0.05, 0) is 19.1 Å². The minimum absolute atomic E-state index is 0.0577. The first kappa shape index (κ1) is 12.9.